The van der Waals surface area contributed by atoms with Crippen molar-refractivity contribution in [3.8, 4) is 0 Å². The lowest BCUT2D eigenvalue weighted by atomic mass is 9.99. The van der Waals surface area contributed by atoms with Crippen molar-refractivity contribution in [2.75, 3.05) is 5.32 Å². The first-order valence-corrected chi connectivity index (χ1v) is 8.82. The molecule has 0 saturated carbocycles. The average molecular weight is 353 g/mol. The molecular weight excluding hydrogens is 326 g/mol. The third-order valence-corrected chi connectivity index (χ3v) is 4.07. The maximum Gasteiger partial charge on any atom is 0.319 e. The second kappa shape index (κ2) is 8.52. The molecule has 1 atom stereocenters. The standard InChI is InChI=1S/C21H27N3O2/c1-13(2)22-21(26)24-18-10-8-17(9-11-18)20(25)23-16(5)19-12-14(3)6-7-15(19)4/h6-13,16H,1-5H3,(H,23,25)(H2,22,24,26). The molecule has 2 aromatic rings. The molecule has 138 valence electrons. The predicted octanol–water partition coefficient (Wildman–Crippen LogP) is 4.32. The predicted molar refractivity (Wildman–Crippen MR) is 106 cm³/mol. The lowest BCUT2D eigenvalue weighted by molar-refractivity contribution is 0.0940. The Morgan fingerprint density at radius 1 is 0.885 bits per heavy atom. The monoisotopic (exact) mass is 353 g/mol. The Balaban J connectivity index is 2.01. The van der Waals surface area contributed by atoms with E-state index in [1.165, 1.54) is 5.56 Å². The average Bonchev–Trinajstić information content (AvgIpc) is 2.56. The summed E-state index contributed by atoms with van der Waals surface area (Å²) < 4.78 is 0. The number of carbonyl (C=O) groups is 2. The van der Waals surface area contributed by atoms with Gasteiger partial charge in [0.15, 0.2) is 0 Å². The van der Waals surface area contributed by atoms with Gasteiger partial charge < -0.3 is 16.0 Å². The smallest absolute Gasteiger partial charge is 0.319 e. The van der Waals surface area contributed by atoms with Crippen molar-refractivity contribution in [1.29, 1.82) is 0 Å². The zero-order valence-corrected chi connectivity index (χ0v) is 16.0. The lowest BCUT2D eigenvalue weighted by Crippen LogP contribution is -2.34. The fraction of sp³-hybridized carbons (Fsp3) is 0.333. The normalized spacial score (nSPS) is 11.8. The van der Waals surface area contributed by atoms with E-state index in [0.717, 1.165) is 11.1 Å². The van der Waals surface area contributed by atoms with E-state index in [1.807, 2.05) is 34.6 Å². The van der Waals surface area contributed by atoms with Crippen LogP contribution in [0.1, 0.15) is 53.9 Å². The van der Waals surface area contributed by atoms with Crippen LogP contribution in [0.2, 0.25) is 0 Å². The largest absolute Gasteiger partial charge is 0.346 e. The minimum absolute atomic E-state index is 0.0617. The molecule has 0 spiro atoms. The van der Waals surface area contributed by atoms with Crippen LogP contribution in [-0.2, 0) is 0 Å². The summed E-state index contributed by atoms with van der Waals surface area (Å²) >= 11 is 0. The van der Waals surface area contributed by atoms with Gasteiger partial charge in [0.2, 0.25) is 0 Å². The molecule has 0 heterocycles. The van der Waals surface area contributed by atoms with Crippen LogP contribution in [0, 0.1) is 13.8 Å². The second-order valence-electron chi connectivity index (χ2n) is 6.89. The molecule has 5 nitrogen and oxygen atoms in total. The van der Waals surface area contributed by atoms with Gasteiger partial charge in [-0.2, -0.15) is 0 Å². The van der Waals surface area contributed by atoms with Crippen LogP contribution in [0.25, 0.3) is 0 Å². The molecule has 3 amide bonds. The number of amides is 3. The number of anilines is 1. The molecule has 26 heavy (non-hydrogen) atoms. The van der Waals surface area contributed by atoms with E-state index < -0.39 is 0 Å². The molecular formula is C21H27N3O2. The van der Waals surface area contributed by atoms with Crippen molar-refractivity contribution in [2.24, 2.45) is 0 Å². The van der Waals surface area contributed by atoms with E-state index in [0.29, 0.717) is 11.3 Å². The summed E-state index contributed by atoms with van der Waals surface area (Å²) in [6.07, 6.45) is 0. The second-order valence-corrected chi connectivity index (χ2v) is 6.89. The van der Waals surface area contributed by atoms with Gasteiger partial charge in [-0.15, -0.1) is 0 Å². The minimum atomic E-state index is -0.263. The van der Waals surface area contributed by atoms with E-state index in [9.17, 15) is 9.59 Å². The molecule has 0 aliphatic carbocycles. The Bertz CT molecular complexity index is 782. The first kappa shape index (κ1) is 19.5. The van der Waals surface area contributed by atoms with Gasteiger partial charge in [-0.25, -0.2) is 4.79 Å². The first-order valence-electron chi connectivity index (χ1n) is 8.82. The molecule has 0 fully saturated rings. The summed E-state index contributed by atoms with van der Waals surface area (Å²) in [7, 11) is 0. The fourth-order valence-corrected chi connectivity index (χ4v) is 2.72. The van der Waals surface area contributed by atoms with Crippen LogP contribution >= 0.6 is 0 Å². The van der Waals surface area contributed by atoms with Crippen molar-refractivity contribution in [1.82, 2.24) is 10.6 Å². The van der Waals surface area contributed by atoms with E-state index in [2.05, 4.69) is 34.1 Å². The summed E-state index contributed by atoms with van der Waals surface area (Å²) in [6.45, 7) is 9.85. The van der Waals surface area contributed by atoms with Crippen molar-refractivity contribution in [3.63, 3.8) is 0 Å². The van der Waals surface area contributed by atoms with Crippen LogP contribution in [-0.4, -0.2) is 18.0 Å². The van der Waals surface area contributed by atoms with E-state index in [4.69, 9.17) is 0 Å². The highest BCUT2D eigenvalue weighted by Gasteiger charge is 2.13. The molecule has 1 unspecified atom stereocenters. The van der Waals surface area contributed by atoms with Crippen LogP contribution in [0.5, 0.6) is 0 Å². The van der Waals surface area contributed by atoms with Crippen molar-refractivity contribution >= 4 is 17.6 Å². The molecule has 2 rings (SSSR count). The Hall–Kier alpha value is -2.82. The summed E-state index contributed by atoms with van der Waals surface area (Å²) in [4.78, 5) is 24.2. The van der Waals surface area contributed by atoms with E-state index in [-0.39, 0.29) is 24.0 Å². The van der Waals surface area contributed by atoms with E-state index >= 15 is 0 Å². The lowest BCUT2D eigenvalue weighted by Gasteiger charge is -2.17. The number of aryl methyl sites for hydroxylation is 2. The molecule has 0 aliphatic heterocycles. The van der Waals surface area contributed by atoms with Gasteiger partial charge >= 0.3 is 6.03 Å². The summed E-state index contributed by atoms with van der Waals surface area (Å²) in [5.41, 5.74) is 4.63. The van der Waals surface area contributed by atoms with Crippen molar-refractivity contribution in [3.05, 3.63) is 64.7 Å². The number of carbonyl (C=O) groups excluding carboxylic acids is 2. The summed E-state index contributed by atoms with van der Waals surface area (Å²) in [6, 6.07) is 12.8. The van der Waals surface area contributed by atoms with Gasteiger partial charge in [-0.3, -0.25) is 4.79 Å². The van der Waals surface area contributed by atoms with E-state index in [1.54, 1.807) is 24.3 Å². The molecule has 0 radical (unpaired) electrons. The zero-order valence-electron chi connectivity index (χ0n) is 16.0. The molecule has 0 aromatic heterocycles. The van der Waals surface area contributed by atoms with Crippen LogP contribution in [0.15, 0.2) is 42.5 Å². The van der Waals surface area contributed by atoms with Crippen LogP contribution in [0.3, 0.4) is 0 Å². The highest BCUT2D eigenvalue weighted by Crippen LogP contribution is 2.19. The topological polar surface area (TPSA) is 70.2 Å². The molecule has 0 saturated heterocycles. The number of rotatable bonds is 5. The third kappa shape index (κ3) is 5.34. The van der Waals surface area contributed by atoms with Gasteiger partial charge in [0.1, 0.15) is 0 Å². The number of urea groups is 1. The first-order chi connectivity index (χ1) is 12.3. The maximum absolute atomic E-state index is 12.5. The number of nitrogens with one attached hydrogen (secondary N) is 3. The molecule has 0 aliphatic rings. The van der Waals surface area contributed by atoms with Crippen LogP contribution < -0.4 is 16.0 Å². The Labute approximate surface area is 155 Å². The third-order valence-electron chi connectivity index (χ3n) is 4.07. The van der Waals surface area contributed by atoms with Crippen molar-refractivity contribution in [2.45, 2.75) is 46.7 Å². The Kier molecular flexibility index (Phi) is 6.39. The summed E-state index contributed by atoms with van der Waals surface area (Å²) in [5.74, 6) is -0.142. The number of hydrogen-bond donors (Lipinski definition) is 3. The zero-order chi connectivity index (χ0) is 19.3. The highest BCUT2D eigenvalue weighted by molar-refractivity contribution is 5.95. The van der Waals surface area contributed by atoms with Gasteiger partial charge in [0.05, 0.1) is 6.04 Å². The molecule has 0 bridgehead atoms. The van der Waals surface area contributed by atoms with Gasteiger partial charge in [0, 0.05) is 17.3 Å². The quantitative estimate of drug-likeness (QED) is 0.749. The van der Waals surface area contributed by atoms with Gasteiger partial charge in [-0.05, 0) is 70.0 Å². The Morgan fingerprint density at radius 3 is 2.15 bits per heavy atom. The molecule has 2 aromatic carbocycles. The fourth-order valence-electron chi connectivity index (χ4n) is 2.72. The number of benzene rings is 2. The van der Waals surface area contributed by atoms with Crippen LogP contribution in [0.4, 0.5) is 10.5 Å². The highest BCUT2D eigenvalue weighted by atomic mass is 16.2. The SMILES string of the molecule is Cc1ccc(C)c(C(C)NC(=O)c2ccc(NC(=O)NC(C)C)cc2)c1. The van der Waals surface area contributed by atoms with Gasteiger partial charge in [0.25, 0.3) is 5.91 Å². The maximum atomic E-state index is 12.5. The Morgan fingerprint density at radius 2 is 1.54 bits per heavy atom. The number of hydrogen-bond acceptors (Lipinski definition) is 2. The van der Waals surface area contributed by atoms with Gasteiger partial charge in [-0.1, -0.05) is 23.8 Å². The molecule has 3 N–H and O–H groups in total. The minimum Gasteiger partial charge on any atom is -0.346 e. The van der Waals surface area contributed by atoms with Crippen molar-refractivity contribution < 1.29 is 9.59 Å². The summed E-state index contributed by atoms with van der Waals surface area (Å²) in [5, 5.41) is 8.52. The molecule has 5 heteroatoms.